The lowest BCUT2D eigenvalue weighted by molar-refractivity contribution is 0.281. The van der Waals surface area contributed by atoms with Gasteiger partial charge in [-0.15, -0.1) is 0 Å². The molecule has 0 saturated heterocycles. The van der Waals surface area contributed by atoms with Crippen LogP contribution in [0, 0.1) is 5.92 Å². The summed E-state index contributed by atoms with van der Waals surface area (Å²) in [5.41, 5.74) is 2.83. The Labute approximate surface area is 105 Å². The topological polar surface area (TPSA) is 67.1 Å². The fourth-order valence-corrected chi connectivity index (χ4v) is 2.01. The van der Waals surface area contributed by atoms with Gasteiger partial charge in [-0.1, -0.05) is 0 Å². The first-order valence-corrected chi connectivity index (χ1v) is 5.87. The largest absolute Gasteiger partial charge is 0.396 e. The minimum atomic E-state index is 0.219. The maximum absolute atomic E-state index is 9.04. The highest BCUT2D eigenvalue weighted by atomic mass is 16.3. The first kappa shape index (κ1) is 11.2. The molecule has 3 rings (SSSR count). The van der Waals surface area contributed by atoms with Crippen molar-refractivity contribution in [2.45, 2.75) is 6.42 Å². The summed E-state index contributed by atoms with van der Waals surface area (Å²) in [5.74, 6) is 1.13. The maximum atomic E-state index is 9.04. The van der Waals surface area contributed by atoms with Crippen LogP contribution < -0.4 is 4.90 Å². The van der Waals surface area contributed by atoms with Gasteiger partial charge in [0.05, 0.1) is 0 Å². The third-order valence-corrected chi connectivity index (χ3v) is 3.13. The van der Waals surface area contributed by atoms with E-state index in [1.807, 2.05) is 29.8 Å². The van der Waals surface area contributed by atoms with Gasteiger partial charge in [-0.05, 0) is 12.0 Å². The molecule has 6 heteroatoms. The first-order chi connectivity index (χ1) is 8.70. The quantitative estimate of drug-likeness (QED) is 0.864. The normalized spacial score (nSPS) is 20.6. The number of imidazole rings is 1. The Bertz CT molecular complexity index is 616. The molecular formula is C12H15N5O. The number of nitrogens with zero attached hydrogens (tertiary/aromatic N) is 5. The van der Waals surface area contributed by atoms with E-state index < -0.39 is 0 Å². The summed E-state index contributed by atoms with van der Waals surface area (Å²) in [4.78, 5) is 14.8. The molecule has 0 radical (unpaired) electrons. The molecule has 1 saturated carbocycles. The molecule has 1 unspecified atom stereocenters. The Morgan fingerprint density at radius 1 is 1.44 bits per heavy atom. The third kappa shape index (κ3) is 1.74. The second kappa shape index (κ2) is 4.06. The smallest absolute Gasteiger partial charge is 0.169 e. The van der Waals surface area contributed by atoms with Crippen LogP contribution in [-0.4, -0.2) is 45.3 Å². The zero-order valence-corrected chi connectivity index (χ0v) is 10.4. The summed E-state index contributed by atoms with van der Waals surface area (Å²) >= 11 is 0. The molecule has 94 valence electrons. The van der Waals surface area contributed by atoms with Gasteiger partial charge in [0, 0.05) is 32.8 Å². The average molecular weight is 245 g/mol. The molecule has 1 atom stereocenters. The molecule has 2 heterocycles. The Kier molecular flexibility index (Phi) is 2.52. The van der Waals surface area contributed by atoms with Crippen molar-refractivity contribution in [3.05, 3.63) is 18.2 Å². The van der Waals surface area contributed by atoms with Crippen LogP contribution in [-0.2, 0) is 0 Å². The van der Waals surface area contributed by atoms with Gasteiger partial charge in [-0.2, -0.15) is 0 Å². The number of aliphatic hydroxyl groups excluding tert-OH is 1. The lowest BCUT2D eigenvalue weighted by Gasteiger charge is -2.10. The van der Waals surface area contributed by atoms with E-state index in [-0.39, 0.29) is 6.61 Å². The monoisotopic (exact) mass is 245 g/mol. The molecule has 0 amide bonds. The van der Waals surface area contributed by atoms with E-state index in [9.17, 15) is 0 Å². The maximum Gasteiger partial charge on any atom is 0.169 e. The van der Waals surface area contributed by atoms with E-state index in [0.29, 0.717) is 5.92 Å². The van der Waals surface area contributed by atoms with Crippen LogP contribution in [0.3, 0.4) is 0 Å². The van der Waals surface area contributed by atoms with E-state index in [1.165, 1.54) is 5.57 Å². The van der Waals surface area contributed by atoms with Crippen LogP contribution >= 0.6 is 0 Å². The zero-order chi connectivity index (χ0) is 12.7. The van der Waals surface area contributed by atoms with E-state index in [0.717, 1.165) is 23.4 Å². The van der Waals surface area contributed by atoms with Crippen LogP contribution in [0.2, 0.25) is 0 Å². The Morgan fingerprint density at radius 2 is 2.28 bits per heavy atom. The Balaban J connectivity index is 2.05. The van der Waals surface area contributed by atoms with Gasteiger partial charge in [0.1, 0.15) is 12.7 Å². The molecule has 2 aromatic rings. The molecule has 1 N–H and O–H groups in total. The van der Waals surface area contributed by atoms with Gasteiger partial charge in [0.2, 0.25) is 0 Å². The molecule has 18 heavy (non-hydrogen) atoms. The standard InChI is InChI=1S/C12H15N5O/c1-16(2)11-10-12(14-6-13-11)17(7-15-10)4-8-3-9(8)5-18/h4,6-7,9,18H,3,5H2,1-2H3/b8-4+. The van der Waals surface area contributed by atoms with Gasteiger partial charge < -0.3 is 10.0 Å². The predicted molar refractivity (Wildman–Crippen MR) is 69.1 cm³/mol. The van der Waals surface area contributed by atoms with E-state index in [2.05, 4.69) is 15.0 Å². The van der Waals surface area contributed by atoms with Crippen LogP contribution in [0.5, 0.6) is 0 Å². The zero-order valence-electron chi connectivity index (χ0n) is 10.4. The fraction of sp³-hybridized carbons (Fsp3) is 0.417. The number of fused-ring (bicyclic) bond motifs is 1. The second-order valence-corrected chi connectivity index (χ2v) is 4.70. The van der Waals surface area contributed by atoms with Crippen molar-refractivity contribution < 1.29 is 5.11 Å². The van der Waals surface area contributed by atoms with Gasteiger partial charge in [0.25, 0.3) is 0 Å². The van der Waals surface area contributed by atoms with Crippen LogP contribution in [0.25, 0.3) is 17.4 Å². The highest BCUT2D eigenvalue weighted by Gasteiger charge is 2.28. The SMILES string of the molecule is CN(C)c1ncnc2c1ncn2/C=C1\CC1CO. The molecule has 0 aromatic carbocycles. The van der Waals surface area contributed by atoms with Crippen molar-refractivity contribution in [3.63, 3.8) is 0 Å². The van der Waals surface area contributed by atoms with Crippen molar-refractivity contribution in [1.82, 2.24) is 19.5 Å². The molecule has 1 aliphatic rings. The number of anilines is 1. The van der Waals surface area contributed by atoms with E-state index in [4.69, 9.17) is 5.11 Å². The lowest BCUT2D eigenvalue weighted by Crippen LogP contribution is -2.11. The van der Waals surface area contributed by atoms with Crippen LogP contribution in [0.15, 0.2) is 18.2 Å². The van der Waals surface area contributed by atoms with Crippen LogP contribution in [0.4, 0.5) is 5.82 Å². The lowest BCUT2D eigenvalue weighted by atomic mass is 10.4. The average Bonchev–Trinajstić information content (AvgIpc) is 3.00. The van der Waals surface area contributed by atoms with E-state index in [1.54, 1.807) is 12.7 Å². The minimum Gasteiger partial charge on any atom is -0.396 e. The molecule has 1 aliphatic carbocycles. The van der Waals surface area contributed by atoms with Crippen molar-refractivity contribution in [2.24, 2.45) is 5.92 Å². The predicted octanol–water partition coefficient (Wildman–Crippen LogP) is 0.745. The molecule has 0 aliphatic heterocycles. The molecule has 1 fully saturated rings. The summed E-state index contributed by atoms with van der Waals surface area (Å²) in [6.45, 7) is 0.219. The summed E-state index contributed by atoms with van der Waals surface area (Å²) in [7, 11) is 3.86. The summed E-state index contributed by atoms with van der Waals surface area (Å²) in [6.07, 6.45) is 6.25. The molecular weight excluding hydrogens is 230 g/mol. The van der Waals surface area contributed by atoms with E-state index >= 15 is 0 Å². The molecule has 0 bridgehead atoms. The second-order valence-electron chi connectivity index (χ2n) is 4.70. The molecule has 6 nitrogen and oxygen atoms in total. The number of rotatable bonds is 3. The number of aromatic nitrogens is 4. The minimum absolute atomic E-state index is 0.219. The Hall–Kier alpha value is -1.95. The summed E-state index contributed by atoms with van der Waals surface area (Å²) in [5, 5.41) is 9.04. The van der Waals surface area contributed by atoms with Gasteiger partial charge in [0.15, 0.2) is 17.0 Å². The molecule has 0 spiro atoms. The third-order valence-electron chi connectivity index (χ3n) is 3.13. The number of aliphatic hydroxyl groups is 1. The summed E-state index contributed by atoms with van der Waals surface area (Å²) < 4.78 is 1.90. The van der Waals surface area contributed by atoms with Crippen molar-refractivity contribution in [2.75, 3.05) is 25.6 Å². The van der Waals surface area contributed by atoms with Crippen LogP contribution in [0.1, 0.15) is 6.42 Å². The van der Waals surface area contributed by atoms with Crippen molar-refractivity contribution in [3.8, 4) is 0 Å². The highest BCUT2D eigenvalue weighted by molar-refractivity contribution is 5.84. The first-order valence-electron chi connectivity index (χ1n) is 5.87. The molecule has 2 aromatic heterocycles. The number of hydrogen-bond donors (Lipinski definition) is 1. The highest BCUT2D eigenvalue weighted by Crippen LogP contribution is 2.37. The van der Waals surface area contributed by atoms with Gasteiger partial charge >= 0.3 is 0 Å². The number of hydrogen-bond acceptors (Lipinski definition) is 5. The van der Waals surface area contributed by atoms with Crippen molar-refractivity contribution >= 4 is 23.2 Å². The van der Waals surface area contributed by atoms with Crippen molar-refractivity contribution in [1.29, 1.82) is 0 Å². The van der Waals surface area contributed by atoms with Gasteiger partial charge in [-0.25, -0.2) is 15.0 Å². The Morgan fingerprint density at radius 3 is 2.94 bits per heavy atom. The summed E-state index contributed by atoms with van der Waals surface area (Å²) in [6, 6.07) is 0. The van der Waals surface area contributed by atoms with Gasteiger partial charge in [-0.3, -0.25) is 4.57 Å². The fourth-order valence-electron chi connectivity index (χ4n) is 2.01.